The van der Waals surface area contributed by atoms with Gasteiger partial charge in [-0.05, 0) is 54.8 Å². The van der Waals surface area contributed by atoms with Crippen molar-refractivity contribution in [1.82, 2.24) is 0 Å². The average Bonchev–Trinajstić information content (AvgIpc) is 3.34. The first-order valence-corrected chi connectivity index (χ1v) is 13.9. The van der Waals surface area contributed by atoms with Gasteiger partial charge in [-0.25, -0.2) is 13.6 Å². The molecule has 39 heavy (non-hydrogen) atoms. The molecular weight excluding hydrogens is 516 g/mol. The van der Waals surface area contributed by atoms with E-state index >= 15 is 0 Å². The van der Waals surface area contributed by atoms with Crippen LogP contribution in [-0.4, -0.2) is 14.3 Å². The van der Waals surface area contributed by atoms with Crippen molar-refractivity contribution >= 4 is 44.2 Å². The van der Waals surface area contributed by atoms with Crippen LogP contribution in [0.4, 0.5) is 17.3 Å². The number of nitrogens with one attached hydrogen (secondary N) is 2. The van der Waals surface area contributed by atoms with Crippen molar-refractivity contribution in [2.24, 2.45) is 5.14 Å². The zero-order chi connectivity index (χ0) is 27.9. The van der Waals surface area contributed by atoms with Gasteiger partial charge in [0, 0.05) is 24.7 Å². The monoisotopic (exact) mass is 544 g/mol. The Morgan fingerprint density at radius 3 is 2.38 bits per heavy atom. The molecular formula is C29H28N4O5S. The van der Waals surface area contributed by atoms with Crippen LogP contribution in [-0.2, 0) is 27.9 Å². The molecule has 0 aliphatic carbocycles. The highest BCUT2D eigenvalue weighted by Gasteiger charge is 2.26. The predicted octanol–water partition coefficient (Wildman–Crippen LogP) is 4.57. The van der Waals surface area contributed by atoms with Gasteiger partial charge in [0.2, 0.25) is 21.8 Å². The molecule has 1 aromatic heterocycles. The minimum absolute atomic E-state index is 0.0512. The summed E-state index contributed by atoms with van der Waals surface area (Å²) < 4.78 is 30.8. The fourth-order valence-electron chi connectivity index (χ4n) is 4.94. The number of fused-ring (bicyclic) bond motifs is 2. The van der Waals surface area contributed by atoms with Gasteiger partial charge in [-0.1, -0.05) is 43.0 Å². The summed E-state index contributed by atoms with van der Waals surface area (Å²) >= 11 is 0. The Bertz CT molecular complexity index is 1770. The number of rotatable bonds is 7. The molecule has 0 saturated carbocycles. The summed E-state index contributed by atoms with van der Waals surface area (Å²) in [5, 5.41) is 11.6. The smallest absolute Gasteiger partial charge is 0.247 e. The Balaban J connectivity index is 1.66. The highest BCUT2D eigenvalue weighted by molar-refractivity contribution is 7.89. The van der Waals surface area contributed by atoms with Crippen LogP contribution in [0.3, 0.4) is 0 Å². The first-order chi connectivity index (χ1) is 18.6. The van der Waals surface area contributed by atoms with Gasteiger partial charge in [-0.3, -0.25) is 9.59 Å². The van der Waals surface area contributed by atoms with Crippen LogP contribution in [0.5, 0.6) is 0 Å². The quantitative estimate of drug-likeness (QED) is 0.290. The maximum Gasteiger partial charge on any atom is 0.247 e. The molecule has 1 aliphatic rings. The van der Waals surface area contributed by atoms with Crippen molar-refractivity contribution in [2.45, 2.75) is 37.9 Å². The molecule has 3 aromatic carbocycles. The minimum atomic E-state index is -3.99. The highest BCUT2D eigenvalue weighted by atomic mass is 32.2. The van der Waals surface area contributed by atoms with Gasteiger partial charge in [0.05, 0.1) is 22.8 Å². The first-order valence-electron chi connectivity index (χ1n) is 12.3. The Kier molecular flexibility index (Phi) is 6.75. The minimum Gasteiger partial charge on any atom is -0.440 e. The molecule has 4 aromatic rings. The molecule has 9 nitrogen and oxygen atoms in total. The lowest BCUT2D eigenvalue weighted by atomic mass is 9.98. The summed E-state index contributed by atoms with van der Waals surface area (Å²) in [6.45, 7) is 8.28. The molecule has 1 unspecified atom stereocenters. The number of nitrogens with zero attached hydrogens (tertiary/aromatic N) is 1. The molecule has 10 heteroatoms. The number of hydrogen-bond donors (Lipinski definition) is 3. The number of anilines is 3. The summed E-state index contributed by atoms with van der Waals surface area (Å²) in [6.07, 6.45) is 1.13. The summed E-state index contributed by atoms with van der Waals surface area (Å²) in [6, 6.07) is 17.1. The van der Waals surface area contributed by atoms with Crippen molar-refractivity contribution < 1.29 is 17.6 Å². The van der Waals surface area contributed by atoms with Crippen LogP contribution in [0.25, 0.3) is 11.0 Å². The number of aryl methyl sites for hydroxylation is 1. The second kappa shape index (κ2) is 10.0. The number of sulfonamides is 1. The number of amides is 1. The number of carbonyl (C=O) groups is 1. The lowest BCUT2D eigenvalue weighted by Gasteiger charge is -2.23. The Morgan fingerprint density at radius 2 is 1.74 bits per heavy atom. The number of benzene rings is 3. The SMILES string of the molecule is C=CC(=O)Nc1c(C)cc(C(C)Nc2ccccc2S(N)(=O)=O)c2oc(N3Cc4ccccc4C3)cc(=O)c12. The second-order valence-electron chi connectivity index (χ2n) is 9.54. The van der Waals surface area contributed by atoms with E-state index in [1.807, 2.05) is 42.2 Å². The van der Waals surface area contributed by atoms with Crippen LogP contribution >= 0.6 is 0 Å². The van der Waals surface area contributed by atoms with E-state index in [9.17, 15) is 18.0 Å². The van der Waals surface area contributed by atoms with Crippen LogP contribution in [0.2, 0.25) is 0 Å². The van der Waals surface area contributed by atoms with Gasteiger partial charge in [-0.15, -0.1) is 0 Å². The molecule has 2 heterocycles. The number of nitrogens with two attached hydrogens (primary N) is 1. The van der Waals surface area contributed by atoms with Crippen molar-refractivity contribution in [3.8, 4) is 0 Å². The van der Waals surface area contributed by atoms with Crippen molar-refractivity contribution in [1.29, 1.82) is 0 Å². The zero-order valence-electron chi connectivity index (χ0n) is 21.5. The van der Waals surface area contributed by atoms with Gasteiger partial charge in [0.1, 0.15) is 10.5 Å². The van der Waals surface area contributed by atoms with Crippen molar-refractivity contribution in [3.63, 3.8) is 0 Å². The second-order valence-corrected chi connectivity index (χ2v) is 11.1. The summed E-state index contributed by atoms with van der Waals surface area (Å²) in [5.41, 5.74) is 4.16. The third-order valence-corrected chi connectivity index (χ3v) is 7.80. The van der Waals surface area contributed by atoms with Gasteiger partial charge in [-0.2, -0.15) is 0 Å². The average molecular weight is 545 g/mol. The van der Waals surface area contributed by atoms with E-state index in [1.165, 1.54) is 12.1 Å². The van der Waals surface area contributed by atoms with Crippen LogP contribution < -0.4 is 26.1 Å². The van der Waals surface area contributed by atoms with Crippen LogP contribution in [0.1, 0.15) is 35.2 Å². The molecule has 1 amide bonds. The third kappa shape index (κ3) is 5.04. The van der Waals surface area contributed by atoms with Gasteiger partial charge in [0.25, 0.3) is 0 Å². The molecule has 0 fully saturated rings. The van der Waals surface area contributed by atoms with E-state index in [2.05, 4.69) is 17.2 Å². The fraction of sp³-hybridized carbons (Fsp3) is 0.172. The molecule has 0 bridgehead atoms. The van der Waals surface area contributed by atoms with E-state index in [0.717, 1.165) is 17.2 Å². The highest BCUT2D eigenvalue weighted by Crippen LogP contribution is 2.37. The molecule has 5 rings (SSSR count). The van der Waals surface area contributed by atoms with E-state index in [-0.39, 0.29) is 21.3 Å². The Morgan fingerprint density at radius 1 is 1.10 bits per heavy atom. The number of para-hydroxylation sites is 1. The topological polar surface area (TPSA) is 135 Å². The Labute approximate surface area is 226 Å². The lowest BCUT2D eigenvalue weighted by molar-refractivity contribution is -0.111. The first kappa shape index (κ1) is 26.2. The van der Waals surface area contributed by atoms with Crippen LogP contribution in [0.15, 0.2) is 87.4 Å². The van der Waals surface area contributed by atoms with E-state index in [0.29, 0.717) is 41.5 Å². The molecule has 0 spiro atoms. The third-order valence-electron chi connectivity index (χ3n) is 6.83. The maximum absolute atomic E-state index is 13.6. The largest absolute Gasteiger partial charge is 0.440 e. The van der Waals surface area contributed by atoms with E-state index in [1.54, 1.807) is 25.1 Å². The summed E-state index contributed by atoms with van der Waals surface area (Å²) in [4.78, 5) is 27.8. The normalized spacial score (nSPS) is 13.7. The lowest BCUT2D eigenvalue weighted by Crippen LogP contribution is -2.20. The number of carbonyl (C=O) groups excluding carboxylic acids is 1. The molecule has 0 radical (unpaired) electrons. The number of hydrogen-bond acceptors (Lipinski definition) is 7. The standard InChI is InChI=1S/C29H28N4O5S/c1-4-25(35)32-28-17(2)13-21(18(3)31-22-11-7-8-12-24(22)39(30,36)37)29-27(28)23(34)14-26(38-29)33-15-19-9-5-6-10-20(19)16-33/h4-14,18,31H,1,15-16H2,2-3H3,(H,32,35)(H2,30,36,37). The maximum atomic E-state index is 13.6. The fourth-order valence-corrected chi connectivity index (χ4v) is 5.64. The van der Waals surface area contributed by atoms with Crippen LogP contribution in [0, 0.1) is 6.92 Å². The van der Waals surface area contributed by atoms with Gasteiger partial charge < -0.3 is 20.0 Å². The number of primary sulfonamides is 1. The van der Waals surface area contributed by atoms with Gasteiger partial charge in [0.15, 0.2) is 5.43 Å². The van der Waals surface area contributed by atoms with E-state index < -0.39 is 22.0 Å². The molecule has 1 aliphatic heterocycles. The van der Waals surface area contributed by atoms with Crippen molar-refractivity contribution in [3.05, 3.63) is 106 Å². The predicted molar refractivity (Wildman–Crippen MR) is 152 cm³/mol. The van der Waals surface area contributed by atoms with Crippen molar-refractivity contribution in [2.75, 3.05) is 15.5 Å². The molecule has 4 N–H and O–H groups in total. The Hall–Kier alpha value is -4.41. The zero-order valence-corrected chi connectivity index (χ0v) is 22.3. The molecule has 0 saturated heterocycles. The molecule has 200 valence electrons. The summed E-state index contributed by atoms with van der Waals surface area (Å²) in [7, 11) is -3.99. The van der Waals surface area contributed by atoms with E-state index in [4.69, 9.17) is 9.56 Å². The molecule has 1 atom stereocenters. The summed E-state index contributed by atoms with van der Waals surface area (Å²) in [5.74, 6) is -0.0641. The van der Waals surface area contributed by atoms with Gasteiger partial charge >= 0.3 is 0 Å².